The van der Waals surface area contributed by atoms with Gasteiger partial charge in [-0.25, -0.2) is 0 Å². The lowest BCUT2D eigenvalue weighted by Crippen LogP contribution is -2.34. The molecule has 0 saturated carbocycles. The molecule has 0 spiro atoms. The van der Waals surface area contributed by atoms with Gasteiger partial charge in [0.15, 0.2) is 0 Å². The molecule has 5 heteroatoms. The molecule has 0 aromatic heterocycles. The molecule has 1 aromatic rings. The van der Waals surface area contributed by atoms with Crippen molar-refractivity contribution < 1.29 is 9.66 Å². The summed E-state index contributed by atoms with van der Waals surface area (Å²) in [5.74, 6) is 0. The van der Waals surface area contributed by atoms with Gasteiger partial charge in [-0.1, -0.05) is 31.5 Å². The van der Waals surface area contributed by atoms with E-state index in [0.717, 1.165) is 24.9 Å². The Labute approximate surface area is 114 Å². The molecule has 0 fully saturated rings. The Bertz CT molecular complexity index is 390. The highest BCUT2D eigenvalue weighted by atomic mass is 16.6. The van der Waals surface area contributed by atoms with Crippen molar-refractivity contribution in [2.24, 2.45) is 0 Å². The van der Waals surface area contributed by atoms with Gasteiger partial charge >= 0.3 is 0 Å². The van der Waals surface area contributed by atoms with Crippen molar-refractivity contribution in [2.75, 3.05) is 20.3 Å². The topological polar surface area (TPSA) is 64.4 Å². The molecule has 1 aromatic carbocycles. The van der Waals surface area contributed by atoms with E-state index in [1.165, 1.54) is 0 Å². The molecule has 1 N–H and O–H groups in total. The first-order valence-electron chi connectivity index (χ1n) is 6.63. The molecule has 0 radical (unpaired) electrons. The molecule has 19 heavy (non-hydrogen) atoms. The van der Waals surface area contributed by atoms with Crippen molar-refractivity contribution in [3.05, 3.63) is 39.9 Å². The van der Waals surface area contributed by atoms with E-state index in [0.29, 0.717) is 19.1 Å². The summed E-state index contributed by atoms with van der Waals surface area (Å²) < 4.78 is 5.15. The Kier molecular flexibility index (Phi) is 7.07. The third-order valence-corrected chi connectivity index (χ3v) is 3.02. The molecule has 0 heterocycles. The van der Waals surface area contributed by atoms with Crippen molar-refractivity contribution in [2.45, 2.75) is 32.2 Å². The average Bonchev–Trinajstić information content (AvgIpc) is 2.39. The second kappa shape index (κ2) is 8.61. The minimum atomic E-state index is -0.325. The van der Waals surface area contributed by atoms with Crippen LogP contribution in [0.4, 0.5) is 5.69 Å². The minimum Gasteiger partial charge on any atom is -0.383 e. The van der Waals surface area contributed by atoms with Crippen LogP contribution in [0.1, 0.15) is 25.3 Å². The van der Waals surface area contributed by atoms with Crippen molar-refractivity contribution in [3.63, 3.8) is 0 Å². The van der Waals surface area contributed by atoms with E-state index in [2.05, 4.69) is 12.2 Å². The SMILES string of the molecule is CCCC(COC)NCCc1ccccc1[N+](=O)[O-]. The fraction of sp³-hybridized carbons (Fsp3) is 0.571. The number of benzene rings is 1. The minimum absolute atomic E-state index is 0.197. The Morgan fingerprint density at radius 2 is 2.16 bits per heavy atom. The Balaban J connectivity index is 2.50. The average molecular weight is 266 g/mol. The molecule has 0 aliphatic heterocycles. The van der Waals surface area contributed by atoms with Crippen molar-refractivity contribution in [3.8, 4) is 0 Å². The first-order chi connectivity index (χ1) is 9.19. The molecular formula is C14H22N2O3. The van der Waals surface area contributed by atoms with E-state index < -0.39 is 0 Å². The molecule has 0 aliphatic rings. The van der Waals surface area contributed by atoms with Crippen LogP contribution in [-0.2, 0) is 11.2 Å². The van der Waals surface area contributed by atoms with E-state index in [1.54, 1.807) is 19.2 Å². The smallest absolute Gasteiger partial charge is 0.272 e. The van der Waals surface area contributed by atoms with E-state index >= 15 is 0 Å². The Morgan fingerprint density at radius 1 is 1.42 bits per heavy atom. The van der Waals surface area contributed by atoms with Crippen molar-refractivity contribution >= 4 is 5.69 Å². The van der Waals surface area contributed by atoms with Crippen LogP contribution < -0.4 is 5.32 Å². The molecule has 0 bridgehead atoms. The number of hydrogen-bond acceptors (Lipinski definition) is 4. The van der Waals surface area contributed by atoms with Crippen molar-refractivity contribution in [1.82, 2.24) is 5.32 Å². The third-order valence-electron chi connectivity index (χ3n) is 3.02. The third kappa shape index (κ3) is 5.36. The van der Waals surface area contributed by atoms with Crippen molar-refractivity contribution in [1.29, 1.82) is 0 Å². The highest BCUT2D eigenvalue weighted by molar-refractivity contribution is 5.39. The van der Waals surface area contributed by atoms with Crippen LogP contribution >= 0.6 is 0 Å². The number of hydrogen-bond donors (Lipinski definition) is 1. The zero-order valence-corrected chi connectivity index (χ0v) is 11.6. The summed E-state index contributed by atoms with van der Waals surface area (Å²) in [6, 6.07) is 7.21. The fourth-order valence-electron chi connectivity index (χ4n) is 2.11. The Morgan fingerprint density at radius 3 is 2.79 bits per heavy atom. The lowest BCUT2D eigenvalue weighted by Gasteiger charge is -2.17. The van der Waals surface area contributed by atoms with Crippen LogP contribution in [0.3, 0.4) is 0 Å². The van der Waals surface area contributed by atoms with Crippen LogP contribution in [-0.4, -0.2) is 31.2 Å². The highest BCUT2D eigenvalue weighted by Gasteiger charge is 2.12. The number of ether oxygens (including phenoxy) is 1. The predicted octanol–water partition coefficient (Wildman–Crippen LogP) is 2.54. The number of methoxy groups -OCH3 is 1. The maximum atomic E-state index is 10.9. The standard InChI is InChI=1S/C14H22N2O3/c1-3-6-13(11-19-2)15-10-9-12-7-4-5-8-14(12)16(17)18/h4-5,7-8,13,15H,3,6,9-11H2,1-2H3. The van der Waals surface area contributed by atoms with E-state index in [9.17, 15) is 10.1 Å². The molecule has 106 valence electrons. The van der Waals surface area contributed by atoms with Gasteiger partial charge in [-0.05, 0) is 19.4 Å². The lowest BCUT2D eigenvalue weighted by molar-refractivity contribution is -0.385. The molecule has 1 unspecified atom stereocenters. The van der Waals surface area contributed by atoms with Gasteiger partial charge in [-0.15, -0.1) is 0 Å². The van der Waals surface area contributed by atoms with Crippen LogP contribution in [0.15, 0.2) is 24.3 Å². The molecule has 1 atom stereocenters. The molecule has 0 saturated heterocycles. The second-order valence-electron chi connectivity index (χ2n) is 4.53. The van der Waals surface area contributed by atoms with Gasteiger partial charge in [0, 0.05) is 24.8 Å². The fourth-order valence-corrected chi connectivity index (χ4v) is 2.11. The normalized spacial score (nSPS) is 12.3. The van der Waals surface area contributed by atoms with Crippen LogP contribution in [0, 0.1) is 10.1 Å². The summed E-state index contributed by atoms with van der Waals surface area (Å²) in [4.78, 5) is 10.6. The summed E-state index contributed by atoms with van der Waals surface area (Å²) in [6.07, 6.45) is 2.79. The first-order valence-corrected chi connectivity index (χ1v) is 6.63. The van der Waals surface area contributed by atoms with Crippen LogP contribution in [0.5, 0.6) is 0 Å². The van der Waals surface area contributed by atoms with Crippen LogP contribution in [0.2, 0.25) is 0 Å². The molecular weight excluding hydrogens is 244 g/mol. The number of nitro groups is 1. The molecule has 5 nitrogen and oxygen atoms in total. The molecule has 0 aliphatic carbocycles. The molecule has 0 amide bonds. The molecule has 1 rings (SSSR count). The number of nitro benzene ring substituents is 1. The summed E-state index contributed by atoms with van der Waals surface area (Å²) in [6.45, 7) is 3.52. The summed E-state index contributed by atoms with van der Waals surface area (Å²) in [7, 11) is 1.69. The number of rotatable bonds is 9. The van der Waals surface area contributed by atoms with E-state index in [4.69, 9.17) is 4.74 Å². The highest BCUT2D eigenvalue weighted by Crippen LogP contribution is 2.17. The second-order valence-corrected chi connectivity index (χ2v) is 4.53. The van der Waals surface area contributed by atoms with Gasteiger partial charge < -0.3 is 10.1 Å². The summed E-state index contributed by atoms with van der Waals surface area (Å²) >= 11 is 0. The summed E-state index contributed by atoms with van der Waals surface area (Å²) in [5, 5.41) is 14.3. The predicted molar refractivity (Wildman–Crippen MR) is 75.4 cm³/mol. The number of nitrogens with one attached hydrogen (secondary N) is 1. The quantitative estimate of drug-likeness (QED) is 0.551. The maximum absolute atomic E-state index is 10.9. The van der Waals surface area contributed by atoms with E-state index in [1.807, 2.05) is 12.1 Å². The maximum Gasteiger partial charge on any atom is 0.272 e. The van der Waals surface area contributed by atoms with Gasteiger partial charge in [0.05, 0.1) is 11.5 Å². The monoisotopic (exact) mass is 266 g/mol. The van der Waals surface area contributed by atoms with Gasteiger partial charge in [0.25, 0.3) is 5.69 Å². The largest absolute Gasteiger partial charge is 0.383 e. The van der Waals surface area contributed by atoms with Gasteiger partial charge in [-0.3, -0.25) is 10.1 Å². The lowest BCUT2D eigenvalue weighted by atomic mass is 10.1. The van der Waals surface area contributed by atoms with Gasteiger partial charge in [0.1, 0.15) is 0 Å². The Hall–Kier alpha value is -1.46. The zero-order valence-electron chi connectivity index (χ0n) is 11.6. The van der Waals surface area contributed by atoms with E-state index in [-0.39, 0.29) is 10.6 Å². The first kappa shape index (κ1) is 15.6. The number of para-hydroxylation sites is 1. The number of nitrogens with zero attached hydrogens (tertiary/aromatic N) is 1. The van der Waals surface area contributed by atoms with Gasteiger partial charge in [0.2, 0.25) is 0 Å². The van der Waals surface area contributed by atoms with Crippen LogP contribution in [0.25, 0.3) is 0 Å². The van der Waals surface area contributed by atoms with Gasteiger partial charge in [-0.2, -0.15) is 0 Å². The zero-order chi connectivity index (χ0) is 14.1. The summed E-state index contributed by atoms with van der Waals surface area (Å²) in [5.41, 5.74) is 0.968.